The summed E-state index contributed by atoms with van der Waals surface area (Å²) in [7, 11) is 0. The molecule has 0 aliphatic carbocycles. The predicted octanol–water partition coefficient (Wildman–Crippen LogP) is 4.34. The van der Waals surface area contributed by atoms with Crippen molar-refractivity contribution in [1.29, 1.82) is 0 Å². The van der Waals surface area contributed by atoms with Gasteiger partial charge in [0, 0.05) is 0 Å². The number of carbonyl (C=O) groups is 2. The first-order chi connectivity index (χ1) is 11.4. The highest BCUT2D eigenvalue weighted by Crippen LogP contribution is 2.18. The van der Waals surface area contributed by atoms with Crippen LogP contribution < -0.4 is 4.74 Å². The summed E-state index contributed by atoms with van der Waals surface area (Å²) in [6.45, 7) is 8.22. The Morgan fingerprint density at radius 3 is 2.21 bits per heavy atom. The minimum atomic E-state index is -0.503. The first-order valence-electron chi connectivity index (χ1n) is 7.93. The fourth-order valence-electron chi connectivity index (χ4n) is 2.04. The lowest BCUT2D eigenvalue weighted by Crippen LogP contribution is -2.13. The highest BCUT2D eigenvalue weighted by molar-refractivity contribution is 5.96. The quantitative estimate of drug-likeness (QED) is 0.606. The summed E-state index contributed by atoms with van der Waals surface area (Å²) in [6, 6.07) is 11.8. The Labute approximate surface area is 142 Å². The molecule has 0 radical (unpaired) electrons. The summed E-state index contributed by atoms with van der Waals surface area (Å²) in [5.74, 6) is -0.205. The van der Waals surface area contributed by atoms with Crippen molar-refractivity contribution in [1.82, 2.24) is 0 Å². The van der Waals surface area contributed by atoms with E-state index in [2.05, 4.69) is 0 Å². The zero-order valence-corrected chi connectivity index (χ0v) is 14.5. The van der Waals surface area contributed by atoms with Gasteiger partial charge in [-0.05, 0) is 61.2 Å². The Kier molecular flexibility index (Phi) is 5.74. The van der Waals surface area contributed by atoms with Crippen LogP contribution in [0.2, 0.25) is 0 Å². The smallest absolute Gasteiger partial charge is 0.343 e. The van der Waals surface area contributed by atoms with Crippen LogP contribution in [0.15, 0.2) is 42.5 Å². The molecule has 0 spiro atoms. The fraction of sp³-hybridized carbons (Fsp3) is 0.300. The highest BCUT2D eigenvalue weighted by atomic mass is 16.5. The summed E-state index contributed by atoms with van der Waals surface area (Å²) in [5, 5.41) is 0. The van der Waals surface area contributed by atoms with Crippen LogP contribution in [0.25, 0.3) is 0 Å². The standard InChI is InChI=1S/C20H22O4/c1-13(2)12-23-19(21)16-6-5-7-17(11-16)20(22)24-18-9-8-14(3)15(4)10-18/h5-11,13H,12H2,1-4H3. The molecule has 0 unspecified atom stereocenters. The van der Waals surface area contributed by atoms with Gasteiger partial charge >= 0.3 is 11.9 Å². The van der Waals surface area contributed by atoms with Gasteiger partial charge < -0.3 is 9.47 Å². The first kappa shape index (κ1) is 17.7. The van der Waals surface area contributed by atoms with Crippen molar-refractivity contribution in [3.05, 3.63) is 64.7 Å². The van der Waals surface area contributed by atoms with E-state index in [9.17, 15) is 9.59 Å². The molecule has 0 saturated heterocycles. The molecule has 0 aliphatic heterocycles. The molecule has 2 aromatic carbocycles. The van der Waals surface area contributed by atoms with E-state index in [-0.39, 0.29) is 5.92 Å². The Hall–Kier alpha value is -2.62. The molecule has 0 aliphatic rings. The largest absolute Gasteiger partial charge is 0.462 e. The molecule has 0 saturated carbocycles. The molecular weight excluding hydrogens is 304 g/mol. The van der Waals surface area contributed by atoms with Crippen molar-refractivity contribution in [2.45, 2.75) is 27.7 Å². The number of aryl methyl sites for hydroxylation is 2. The maximum absolute atomic E-state index is 12.3. The summed E-state index contributed by atoms with van der Waals surface area (Å²) < 4.78 is 10.6. The Morgan fingerprint density at radius 1 is 0.917 bits per heavy atom. The van der Waals surface area contributed by atoms with Crippen molar-refractivity contribution < 1.29 is 19.1 Å². The van der Waals surface area contributed by atoms with Crippen LogP contribution in [0.5, 0.6) is 5.75 Å². The highest BCUT2D eigenvalue weighted by Gasteiger charge is 2.14. The average Bonchev–Trinajstić information content (AvgIpc) is 2.56. The molecule has 2 aromatic rings. The van der Waals surface area contributed by atoms with Gasteiger partial charge in [-0.15, -0.1) is 0 Å². The lowest BCUT2D eigenvalue weighted by atomic mass is 10.1. The van der Waals surface area contributed by atoms with Crippen molar-refractivity contribution in [2.75, 3.05) is 6.61 Å². The number of hydrogen-bond acceptors (Lipinski definition) is 4. The minimum absolute atomic E-state index is 0.256. The molecule has 126 valence electrons. The molecule has 0 N–H and O–H groups in total. The predicted molar refractivity (Wildman–Crippen MR) is 92.4 cm³/mol. The van der Waals surface area contributed by atoms with Gasteiger partial charge in [0.15, 0.2) is 0 Å². The third-order valence-electron chi connectivity index (χ3n) is 3.57. The number of ether oxygens (including phenoxy) is 2. The first-order valence-corrected chi connectivity index (χ1v) is 7.93. The van der Waals surface area contributed by atoms with Crippen molar-refractivity contribution in [3.63, 3.8) is 0 Å². The number of esters is 2. The molecule has 0 aromatic heterocycles. The molecule has 0 amide bonds. The molecular formula is C20H22O4. The second-order valence-electron chi connectivity index (χ2n) is 6.21. The van der Waals surface area contributed by atoms with Gasteiger partial charge in [-0.3, -0.25) is 0 Å². The monoisotopic (exact) mass is 326 g/mol. The third kappa shape index (κ3) is 4.69. The van der Waals surface area contributed by atoms with E-state index in [1.165, 1.54) is 6.07 Å². The second-order valence-corrected chi connectivity index (χ2v) is 6.21. The van der Waals surface area contributed by atoms with E-state index in [1.807, 2.05) is 39.8 Å². The Balaban J connectivity index is 2.11. The van der Waals surface area contributed by atoms with Gasteiger partial charge in [-0.1, -0.05) is 26.0 Å². The van der Waals surface area contributed by atoms with Crippen LogP contribution >= 0.6 is 0 Å². The van der Waals surface area contributed by atoms with E-state index in [0.717, 1.165) is 11.1 Å². The number of benzene rings is 2. The Morgan fingerprint density at radius 2 is 1.58 bits per heavy atom. The normalized spacial score (nSPS) is 10.5. The SMILES string of the molecule is Cc1ccc(OC(=O)c2cccc(C(=O)OCC(C)C)c2)cc1C. The van der Waals surface area contributed by atoms with Crippen LogP contribution in [0.3, 0.4) is 0 Å². The van der Waals surface area contributed by atoms with E-state index in [1.54, 1.807) is 24.3 Å². The zero-order chi connectivity index (χ0) is 17.7. The van der Waals surface area contributed by atoms with Crippen LogP contribution in [0, 0.1) is 19.8 Å². The van der Waals surface area contributed by atoms with Crippen molar-refractivity contribution in [3.8, 4) is 5.75 Å². The van der Waals surface area contributed by atoms with Gasteiger partial charge in [0.2, 0.25) is 0 Å². The maximum Gasteiger partial charge on any atom is 0.343 e. The van der Waals surface area contributed by atoms with Gasteiger partial charge in [0.05, 0.1) is 17.7 Å². The van der Waals surface area contributed by atoms with Crippen LogP contribution in [0.4, 0.5) is 0 Å². The van der Waals surface area contributed by atoms with E-state index in [4.69, 9.17) is 9.47 Å². The van der Waals surface area contributed by atoms with E-state index in [0.29, 0.717) is 23.5 Å². The van der Waals surface area contributed by atoms with Gasteiger partial charge in [-0.2, -0.15) is 0 Å². The second kappa shape index (κ2) is 7.77. The lowest BCUT2D eigenvalue weighted by molar-refractivity contribution is 0.0459. The molecule has 0 atom stereocenters. The Bertz CT molecular complexity index is 747. The summed E-state index contributed by atoms with van der Waals surface area (Å²) in [5.41, 5.74) is 2.83. The summed E-state index contributed by atoms with van der Waals surface area (Å²) >= 11 is 0. The summed E-state index contributed by atoms with van der Waals surface area (Å²) in [4.78, 5) is 24.3. The van der Waals surface area contributed by atoms with Gasteiger partial charge in [-0.25, -0.2) is 9.59 Å². The number of hydrogen-bond donors (Lipinski definition) is 0. The molecule has 2 rings (SSSR count). The van der Waals surface area contributed by atoms with Gasteiger partial charge in [0.25, 0.3) is 0 Å². The molecule has 4 nitrogen and oxygen atoms in total. The number of carbonyl (C=O) groups excluding carboxylic acids is 2. The molecule has 24 heavy (non-hydrogen) atoms. The minimum Gasteiger partial charge on any atom is -0.462 e. The van der Waals surface area contributed by atoms with E-state index < -0.39 is 11.9 Å². The average molecular weight is 326 g/mol. The van der Waals surface area contributed by atoms with Crippen molar-refractivity contribution >= 4 is 11.9 Å². The maximum atomic E-state index is 12.3. The molecule has 0 bridgehead atoms. The zero-order valence-electron chi connectivity index (χ0n) is 14.5. The van der Waals surface area contributed by atoms with Crippen LogP contribution in [-0.2, 0) is 4.74 Å². The summed E-state index contributed by atoms with van der Waals surface area (Å²) in [6.07, 6.45) is 0. The topological polar surface area (TPSA) is 52.6 Å². The molecule has 4 heteroatoms. The van der Waals surface area contributed by atoms with Crippen molar-refractivity contribution in [2.24, 2.45) is 5.92 Å². The fourth-order valence-corrected chi connectivity index (χ4v) is 2.04. The lowest BCUT2D eigenvalue weighted by Gasteiger charge is -2.09. The van der Waals surface area contributed by atoms with Crippen LogP contribution in [0.1, 0.15) is 45.7 Å². The van der Waals surface area contributed by atoms with E-state index >= 15 is 0 Å². The van der Waals surface area contributed by atoms with Crippen LogP contribution in [-0.4, -0.2) is 18.5 Å². The number of rotatable bonds is 5. The third-order valence-corrected chi connectivity index (χ3v) is 3.57. The molecule has 0 heterocycles. The molecule has 0 fully saturated rings. The van der Waals surface area contributed by atoms with Gasteiger partial charge in [0.1, 0.15) is 5.75 Å².